The fraction of sp³-hybridized carbons (Fsp3) is 0.667. The van der Waals surface area contributed by atoms with Crippen LogP contribution >= 0.6 is 0 Å². The maximum atomic E-state index is 11.5. The maximum Gasteiger partial charge on any atom is 0.421 e. The number of aromatic nitrogens is 3. The molecule has 0 aliphatic carbocycles. The summed E-state index contributed by atoms with van der Waals surface area (Å²) >= 11 is 0. The van der Waals surface area contributed by atoms with Crippen molar-refractivity contribution in [3.63, 3.8) is 0 Å². The highest BCUT2D eigenvalue weighted by Crippen LogP contribution is 2.52. The summed E-state index contributed by atoms with van der Waals surface area (Å²) in [5.41, 5.74) is 0.699. The lowest BCUT2D eigenvalue weighted by atomic mass is 9.74. The van der Waals surface area contributed by atoms with Crippen LogP contribution in [0.15, 0.2) is 6.20 Å². The smallest absolute Gasteiger partial charge is 0.399 e. The van der Waals surface area contributed by atoms with Gasteiger partial charge in [-0.2, -0.15) is 0 Å². The van der Waals surface area contributed by atoms with E-state index in [1.807, 2.05) is 4.90 Å². The molecule has 0 aromatic carbocycles. The second kappa shape index (κ2) is 3.78. The van der Waals surface area contributed by atoms with E-state index in [0.29, 0.717) is 5.69 Å². The van der Waals surface area contributed by atoms with E-state index in [2.05, 4.69) is 10.3 Å². The molecule has 0 N–H and O–H groups in total. The average Bonchev–Trinajstić information content (AvgIpc) is 2.97. The van der Waals surface area contributed by atoms with Crippen LogP contribution in [0.2, 0.25) is 0 Å². The topological polar surface area (TPSA) is 86.5 Å². The largest absolute Gasteiger partial charge is 0.421 e. The Labute approximate surface area is 114 Å². The van der Waals surface area contributed by atoms with Crippen molar-refractivity contribution >= 4 is 11.9 Å². The third kappa shape index (κ3) is 1.39. The third-order valence-electron chi connectivity index (χ3n) is 4.43. The minimum Gasteiger partial charge on any atom is -0.399 e. The van der Waals surface area contributed by atoms with Crippen LogP contribution in [0, 0.1) is 5.92 Å². The molecule has 8 heteroatoms. The van der Waals surface area contributed by atoms with Crippen LogP contribution < -0.4 is 0 Å². The number of hydrogen-bond acceptors (Lipinski definition) is 7. The first kappa shape index (κ1) is 11.8. The lowest BCUT2D eigenvalue weighted by Gasteiger charge is -2.52. The van der Waals surface area contributed by atoms with Gasteiger partial charge in [0.1, 0.15) is 5.92 Å². The summed E-state index contributed by atoms with van der Waals surface area (Å²) in [6.45, 7) is 1.50. The Hall–Kier alpha value is -1.96. The van der Waals surface area contributed by atoms with Crippen molar-refractivity contribution in [2.45, 2.75) is 24.7 Å². The van der Waals surface area contributed by atoms with Gasteiger partial charge in [0.2, 0.25) is 0 Å². The van der Waals surface area contributed by atoms with Crippen LogP contribution in [0.1, 0.15) is 24.5 Å². The van der Waals surface area contributed by atoms with Crippen LogP contribution in [0.3, 0.4) is 0 Å². The molecule has 2 bridgehead atoms. The molecule has 106 valence electrons. The first-order chi connectivity index (χ1) is 9.60. The normalized spacial score (nSPS) is 34.4. The fourth-order valence-electron chi connectivity index (χ4n) is 3.60. The number of fused-ring (bicyclic) bond motifs is 2. The van der Waals surface area contributed by atoms with Gasteiger partial charge in [0.05, 0.1) is 5.69 Å². The average molecular weight is 278 g/mol. The van der Waals surface area contributed by atoms with E-state index in [4.69, 9.17) is 9.47 Å². The molecule has 0 saturated carbocycles. The van der Waals surface area contributed by atoms with Gasteiger partial charge >= 0.3 is 17.8 Å². The summed E-state index contributed by atoms with van der Waals surface area (Å²) < 4.78 is 12.3. The Kier molecular flexibility index (Phi) is 2.24. The minimum atomic E-state index is -1.31. The van der Waals surface area contributed by atoms with Gasteiger partial charge < -0.3 is 9.47 Å². The van der Waals surface area contributed by atoms with E-state index >= 15 is 0 Å². The van der Waals surface area contributed by atoms with Gasteiger partial charge in [-0.3, -0.25) is 4.68 Å². The quantitative estimate of drug-likeness (QED) is 0.499. The maximum absolute atomic E-state index is 11.5. The number of rotatable bonds is 1. The summed E-state index contributed by atoms with van der Waals surface area (Å²) in [5.74, 6) is -3.16. The molecule has 4 aliphatic rings. The number of aryl methyl sites for hydroxylation is 1. The molecule has 4 saturated heterocycles. The van der Waals surface area contributed by atoms with Gasteiger partial charge in [0, 0.05) is 26.3 Å². The number of nitrogens with zero attached hydrogens (tertiary/aromatic N) is 4. The first-order valence-electron chi connectivity index (χ1n) is 6.68. The summed E-state index contributed by atoms with van der Waals surface area (Å²) in [6, 6.07) is 0. The predicted octanol–water partition coefficient (Wildman–Crippen LogP) is -0.622. The Morgan fingerprint density at radius 1 is 1.25 bits per heavy atom. The van der Waals surface area contributed by atoms with Crippen LogP contribution in [0.25, 0.3) is 0 Å². The highest BCUT2D eigenvalue weighted by Gasteiger charge is 2.65. The van der Waals surface area contributed by atoms with Crippen molar-refractivity contribution < 1.29 is 19.1 Å². The fourth-order valence-corrected chi connectivity index (χ4v) is 3.60. The van der Waals surface area contributed by atoms with Crippen LogP contribution in [-0.4, -0.2) is 50.8 Å². The van der Waals surface area contributed by atoms with Crippen molar-refractivity contribution in [3.8, 4) is 0 Å². The van der Waals surface area contributed by atoms with E-state index in [0.717, 1.165) is 25.9 Å². The molecule has 0 radical (unpaired) electrons. The minimum absolute atomic E-state index is 0.269. The zero-order valence-corrected chi connectivity index (χ0v) is 11.0. The van der Waals surface area contributed by atoms with E-state index in [1.165, 1.54) is 0 Å². The number of piperidine rings is 3. The SMILES string of the molecule is Cn1cc(C2C3CCN(CC3)C23OC(=O)C(=O)O3)nn1. The zero-order chi connectivity index (χ0) is 13.9. The third-order valence-corrected chi connectivity index (χ3v) is 4.43. The molecule has 1 unspecified atom stereocenters. The lowest BCUT2D eigenvalue weighted by Crippen LogP contribution is -2.64. The van der Waals surface area contributed by atoms with Gasteiger partial charge in [0.15, 0.2) is 0 Å². The standard InChI is InChI=1S/C12H14N4O4/c1-15-6-8(13-14-15)9-7-2-4-16(5-3-7)12(9)19-10(17)11(18)20-12/h6-7,9H,2-5H2,1H3. The first-order valence-corrected chi connectivity index (χ1v) is 6.68. The van der Waals surface area contributed by atoms with Crippen molar-refractivity contribution in [3.05, 3.63) is 11.9 Å². The Morgan fingerprint density at radius 3 is 2.45 bits per heavy atom. The van der Waals surface area contributed by atoms with Crippen LogP contribution in [-0.2, 0) is 26.1 Å². The molecule has 5 heterocycles. The number of carbonyl (C=O) groups excluding carboxylic acids is 2. The lowest BCUT2D eigenvalue weighted by molar-refractivity contribution is -0.299. The second-order valence-corrected chi connectivity index (χ2v) is 5.53. The molecular weight excluding hydrogens is 264 g/mol. The van der Waals surface area contributed by atoms with Gasteiger partial charge in [-0.15, -0.1) is 5.10 Å². The van der Waals surface area contributed by atoms with E-state index in [1.54, 1.807) is 17.9 Å². The highest BCUT2D eigenvalue weighted by atomic mass is 16.8. The molecule has 1 spiro atoms. The van der Waals surface area contributed by atoms with Gasteiger partial charge in [-0.05, 0) is 18.8 Å². The van der Waals surface area contributed by atoms with Gasteiger partial charge in [-0.1, -0.05) is 5.21 Å². The zero-order valence-electron chi connectivity index (χ0n) is 11.0. The highest BCUT2D eigenvalue weighted by molar-refractivity contribution is 6.31. The number of ether oxygens (including phenoxy) is 2. The molecule has 8 nitrogen and oxygen atoms in total. The van der Waals surface area contributed by atoms with E-state index in [9.17, 15) is 9.59 Å². The number of hydrogen-bond donors (Lipinski definition) is 0. The van der Waals surface area contributed by atoms with Crippen molar-refractivity contribution in [1.82, 2.24) is 19.9 Å². The van der Waals surface area contributed by atoms with E-state index in [-0.39, 0.29) is 11.8 Å². The molecule has 20 heavy (non-hydrogen) atoms. The summed E-state index contributed by atoms with van der Waals surface area (Å²) in [6.07, 6.45) is 3.73. The van der Waals surface area contributed by atoms with Gasteiger partial charge in [0.25, 0.3) is 0 Å². The van der Waals surface area contributed by atoms with E-state index < -0.39 is 17.8 Å². The summed E-state index contributed by atoms with van der Waals surface area (Å²) in [4.78, 5) is 25.0. The molecule has 0 amide bonds. The second-order valence-electron chi connectivity index (χ2n) is 5.53. The molecule has 1 aromatic heterocycles. The predicted molar refractivity (Wildman–Crippen MR) is 63.0 cm³/mol. The monoisotopic (exact) mass is 278 g/mol. The molecule has 1 atom stereocenters. The molecule has 4 aliphatic heterocycles. The Bertz CT molecular complexity index is 574. The van der Waals surface area contributed by atoms with Crippen molar-refractivity contribution in [1.29, 1.82) is 0 Å². The molecule has 5 rings (SSSR count). The Balaban J connectivity index is 1.81. The molecule has 1 aromatic rings. The van der Waals surface area contributed by atoms with Crippen molar-refractivity contribution in [2.75, 3.05) is 13.1 Å². The number of carbonyl (C=O) groups is 2. The van der Waals surface area contributed by atoms with Gasteiger partial charge in [-0.25, -0.2) is 14.5 Å². The molecular formula is C12H14N4O4. The Morgan fingerprint density at radius 2 is 1.90 bits per heavy atom. The van der Waals surface area contributed by atoms with Crippen LogP contribution in [0.4, 0.5) is 0 Å². The summed E-state index contributed by atoms with van der Waals surface area (Å²) in [7, 11) is 1.78. The van der Waals surface area contributed by atoms with Crippen LogP contribution in [0.5, 0.6) is 0 Å². The van der Waals surface area contributed by atoms with Crippen molar-refractivity contribution in [2.24, 2.45) is 13.0 Å². The molecule has 4 fully saturated rings. The summed E-state index contributed by atoms with van der Waals surface area (Å²) in [5, 5.41) is 8.07. The number of esters is 2.